The summed E-state index contributed by atoms with van der Waals surface area (Å²) in [5, 5.41) is 2.78. The van der Waals surface area contributed by atoms with Crippen molar-refractivity contribution in [3.8, 4) is 5.75 Å². The van der Waals surface area contributed by atoms with Crippen LogP contribution in [0, 0.1) is 12.8 Å². The van der Waals surface area contributed by atoms with Gasteiger partial charge in [0, 0.05) is 6.54 Å². The summed E-state index contributed by atoms with van der Waals surface area (Å²) in [6, 6.07) is 5.52. The van der Waals surface area contributed by atoms with Gasteiger partial charge in [0.05, 0.1) is 5.69 Å². The largest absolute Gasteiger partial charge is 0.482 e. The van der Waals surface area contributed by atoms with Crippen molar-refractivity contribution in [1.82, 2.24) is 5.32 Å². The van der Waals surface area contributed by atoms with E-state index < -0.39 is 0 Å². The molecule has 4 heteroatoms. The molecule has 0 spiro atoms. The number of aryl methyl sites for hydroxylation is 1. The van der Waals surface area contributed by atoms with Crippen LogP contribution in [-0.4, -0.2) is 19.1 Å². The van der Waals surface area contributed by atoms with Gasteiger partial charge in [-0.05, 0) is 24.5 Å². The van der Waals surface area contributed by atoms with E-state index in [9.17, 15) is 4.79 Å². The molecule has 0 radical (unpaired) electrons. The van der Waals surface area contributed by atoms with E-state index >= 15 is 0 Å². The Labute approximate surface area is 102 Å². The average molecular weight is 236 g/mol. The molecule has 1 aromatic carbocycles. The number of nitrogens with one attached hydrogen (secondary N) is 1. The first kappa shape index (κ1) is 13.4. The zero-order valence-corrected chi connectivity index (χ0v) is 10.6. The Morgan fingerprint density at radius 3 is 2.82 bits per heavy atom. The highest BCUT2D eigenvalue weighted by Crippen LogP contribution is 2.23. The third-order valence-electron chi connectivity index (χ3n) is 2.35. The van der Waals surface area contributed by atoms with Gasteiger partial charge in [0.15, 0.2) is 6.61 Å². The molecule has 0 atom stereocenters. The van der Waals surface area contributed by atoms with Crippen molar-refractivity contribution < 1.29 is 9.53 Å². The molecule has 0 aromatic heterocycles. The van der Waals surface area contributed by atoms with Gasteiger partial charge in [0.1, 0.15) is 5.75 Å². The number of anilines is 1. The van der Waals surface area contributed by atoms with Gasteiger partial charge < -0.3 is 15.8 Å². The number of hydrogen-bond acceptors (Lipinski definition) is 3. The van der Waals surface area contributed by atoms with Crippen LogP contribution in [0.15, 0.2) is 18.2 Å². The van der Waals surface area contributed by atoms with E-state index in [2.05, 4.69) is 5.32 Å². The molecule has 0 aliphatic heterocycles. The van der Waals surface area contributed by atoms with Crippen molar-refractivity contribution in [2.75, 3.05) is 18.9 Å². The first-order valence-electron chi connectivity index (χ1n) is 5.75. The lowest BCUT2D eigenvalue weighted by Crippen LogP contribution is -2.31. The number of hydrogen-bond donors (Lipinski definition) is 2. The standard InChI is InChI=1S/C13H20N2O2/c1-9(2)7-15-12(16)8-17-11-6-4-5-10(3)13(11)14/h4-6,9H,7-8,14H2,1-3H3,(H,15,16). The Morgan fingerprint density at radius 2 is 2.18 bits per heavy atom. The fourth-order valence-corrected chi connectivity index (χ4v) is 1.29. The number of carbonyl (C=O) groups is 1. The zero-order chi connectivity index (χ0) is 12.8. The highest BCUT2D eigenvalue weighted by Gasteiger charge is 2.06. The Hall–Kier alpha value is -1.71. The first-order chi connectivity index (χ1) is 8.00. The van der Waals surface area contributed by atoms with Crippen LogP contribution in [0.4, 0.5) is 5.69 Å². The van der Waals surface area contributed by atoms with Crippen molar-refractivity contribution in [2.24, 2.45) is 5.92 Å². The first-order valence-corrected chi connectivity index (χ1v) is 5.75. The lowest BCUT2D eigenvalue weighted by Gasteiger charge is -2.11. The molecule has 3 N–H and O–H groups in total. The second kappa shape index (κ2) is 6.13. The summed E-state index contributed by atoms with van der Waals surface area (Å²) >= 11 is 0. The minimum Gasteiger partial charge on any atom is -0.482 e. The number of nitrogen functional groups attached to an aromatic ring is 1. The molecule has 0 bridgehead atoms. The molecular weight excluding hydrogens is 216 g/mol. The number of para-hydroxylation sites is 1. The average Bonchev–Trinajstić information content (AvgIpc) is 2.28. The Morgan fingerprint density at radius 1 is 1.47 bits per heavy atom. The van der Waals surface area contributed by atoms with Gasteiger partial charge in [-0.2, -0.15) is 0 Å². The van der Waals surface area contributed by atoms with Crippen LogP contribution >= 0.6 is 0 Å². The predicted octanol–water partition coefficient (Wildman–Crippen LogP) is 1.73. The SMILES string of the molecule is Cc1cccc(OCC(=O)NCC(C)C)c1N. The van der Waals surface area contributed by atoms with E-state index in [-0.39, 0.29) is 12.5 Å². The Balaban J connectivity index is 2.45. The van der Waals surface area contributed by atoms with Crippen molar-refractivity contribution in [1.29, 1.82) is 0 Å². The number of ether oxygens (including phenoxy) is 1. The van der Waals surface area contributed by atoms with Crippen LogP contribution in [0.5, 0.6) is 5.75 Å². The molecule has 1 amide bonds. The molecule has 1 aromatic rings. The number of rotatable bonds is 5. The number of carbonyl (C=O) groups excluding carboxylic acids is 1. The van der Waals surface area contributed by atoms with Crippen LogP contribution in [0.2, 0.25) is 0 Å². The van der Waals surface area contributed by atoms with Crippen molar-refractivity contribution in [2.45, 2.75) is 20.8 Å². The molecule has 0 heterocycles. The molecule has 17 heavy (non-hydrogen) atoms. The van der Waals surface area contributed by atoms with Crippen molar-refractivity contribution in [3.05, 3.63) is 23.8 Å². The van der Waals surface area contributed by atoms with Crippen LogP contribution in [0.3, 0.4) is 0 Å². The number of amides is 1. The van der Waals surface area contributed by atoms with Gasteiger partial charge in [-0.25, -0.2) is 0 Å². The lowest BCUT2D eigenvalue weighted by molar-refractivity contribution is -0.123. The van der Waals surface area contributed by atoms with Gasteiger partial charge in [0.25, 0.3) is 5.91 Å². The third kappa shape index (κ3) is 4.34. The highest BCUT2D eigenvalue weighted by molar-refractivity contribution is 5.77. The van der Waals surface area contributed by atoms with Crippen LogP contribution in [0.1, 0.15) is 19.4 Å². The highest BCUT2D eigenvalue weighted by atomic mass is 16.5. The van der Waals surface area contributed by atoms with E-state index in [4.69, 9.17) is 10.5 Å². The molecule has 0 unspecified atom stereocenters. The summed E-state index contributed by atoms with van der Waals surface area (Å²) < 4.78 is 5.37. The molecule has 94 valence electrons. The second-order valence-corrected chi connectivity index (χ2v) is 4.47. The quantitative estimate of drug-likeness (QED) is 0.765. The van der Waals surface area contributed by atoms with Crippen LogP contribution < -0.4 is 15.8 Å². The summed E-state index contributed by atoms with van der Waals surface area (Å²) in [6.45, 7) is 6.65. The number of nitrogens with two attached hydrogens (primary N) is 1. The fraction of sp³-hybridized carbons (Fsp3) is 0.462. The predicted molar refractivity (Wildman–Crippen MR) is 68.9 cm³/mol. The second-order valence-electron chi connectivity index (χ2n) is 4.47. The molecule has 0 saturated heterocycles. The van der Waals surface area contributed by atoms with Gasteiger partial charge in [-0.1, -0.05) is 26.0 Å². The van der Waals surface area contributed by atoms with Gasteiger partial charge in [-0.3, -0.25) is 4.79 Å². The monoisotopic (exact) mass is 236 g/mol. The topological polar surface area (TPSA) is 64.3 Å². The molecule has 0 saturated carbocycles. The Kier molecular flexibility index (Phi) is 4.82. The zero-order valence-electron chi connectivity index (χ0n) is 10.6. The summed E-state index contributed by atoms with van der Waals surface area (Å²) in [5.74, 6) is 0.868. The van der Waals surface area contributed by atoms with E-state index in [1.165, 1.54) is 0 Å². The lowest BCUT2D eigenvalue weighted by atomic mass is 10.2. The van der Waals surface area contributed by atoms with Gasteiger partial charge in [-0.15, -0.1) is 0 Å². The Bertz CT molecular complexity index is 389. The minimum atomic E-state index is -0.125. The van der Waals surface area contributed by atoms with Crippen LogP contribution in [-0.2, 0) is 4.79 Å². The molecule has 1 rings (SSSR count). The third-order valence-corrected chi connectivity index (χ3v) is 2.35. The molecule has 4 nitrogen and oxygen atoms in total. The minimum absolute atomic E-state index is 0.000370. The smallest absolute Gasteiger partial charge is 0.257 e. The van der Waals surface area contributed by atoms with Crippen LogP contribution in [0.25, 0.3) is 0 Å². The van der Waals surface area contributed by atoms with E-state index in [0.717, 1.165) is 5.56 Å². The maximum atomic E-state index is 11.4. The normalized spacial score (nSPS) is 10.4. The van der Waals surface area contributed by atoms with Crippen molar-refractivity contribution in [3.63, 3.8) is 0 Å². The van der Waals surface area contributed by atoms with E-state index in [1.807, 2.05) is 32.9 Å². The van der Waals surface area contributed by atoms with Gasteiger partial charge >= 0.3 is 0 Å². The summed E-state index contributed by atoms with van der Waals surface area (Å²) in [4.78, 5) is 11.4. The summed E-state index contributed by atoms with van der Waals surface area (Å²) in [6.07, 6.45) is 0. The molecular formula is C13H20N2O2. The molecule has 0 fully saturated rings. The molecule has 0 aliphatic rings. The van der Waals surface area contributed by atoms with Crippen molar-refractivity contribution >= 4 is 11.6 Å². The van der Waals surface area contributed by atoms with Gasteiger partial charge in [0.2, 0.25) is 0 Å². The fourth-order valence-electron chi connectivity index (χ4n) is 1.29. The maximum absolute atomic E-state index is 11.4. The number of benzene rings is 1. The molecule has 0 aliphatic carbocycles. The maximum Gasteiger partial charge on any atom is 0.257 e. The summed E-state index contributed by atoms with van der Waals surface area (Å²) in [5.41, 5.74) is 7.37. The van der Waals surface area contributed by atoms with E-state index in [0.29, 0.717) is 23.9 Å². The summed E-state index contributed by atoms with van der Waals surface area (Å²) in [7, 11) is 0. The van der Waals surface area contributed by atoms with E-state index in [1.54, 1.807) is 6.07 Å².